The Labute approximate surface area is 144 Å². The molecule has 134 valence electrons. The van der Waals surface area contributed by atoms with E-state index in [1.54, 1.807) is 19.2 Å². The first kappa shape index (κ1) is 18.7. The first-order valence-electron chi connectivity index (χ1n) is 8.51. The molecule has 24 heavy (non-hydrogen) atoms. The maximum Gasteiger partial charge on any atom is 0.193 e. The van der Waals surface area contributed by atoms with Gasteiger partial charge in [-0.2, -0.15) is 0 Å². The van der Waals surface area contributed by atoms with Crippen LogP contribution in [0.4, 0.5) is 4.39 Å². The summed E-state index contributed by atoms with van der Waals surface area (Å²) in [6.07, 6.45) is 0. The molecule has 2 rings (SSSR count). The molecule has 1 aromatic carbocycles. The van der Waals surface area contributed by atoms with E-state index in [-0.39, 0.29) is 5.82 Å². The third kappa shape index (κ3) is 5.18. The van der Waals surface area contributed by atoms with Crippen LogP contribution in [0, 0.1) is 5.82 Å². The molecule has 1 heterocycles. The summed E-state index contributed by atoms with van der Waals surface area (Å²) >= 11 is 0. The van der Waals surface area contributed by atoms with E-state index in [4.69, 9.17) is 4.74 Å². The van der Waals surface area contributed by atoms with Crippen LogP contribution >= 0.6 is 0 Å². The lowest BCUT2D eigenvalue weighted by atomic mass is 10.2. The lowest BCUT2D eigenvalue weighted by molar-refractivity contribution is -0.0175. The largest absolute Gasteiger partial charge is 0.379 e. The minimum absolute atomic E-state index is 0.209. The van der Waals surface area contributed by atoms with E-state index in [0.717, 1.165) is 37.8 Å². The third-order valence-corrected chi connectivity index (χ3v) is 4.42. The maximum atomic E-state index is 13.3. The van der Waals surface area contributed by atoms with Crippen molar-refractivity contribution >= 4 is 5.96 Å². The number of nitrogens with one attached hydrogen (secondary N) is 1. The summed E-state index contributed by atoms with van der Waals surface area (Å²) < 4.78 is 18.8. The lowest BCUT2D eigenvalue weighted by Crippen LogP contribution is -2.53. The van der Waals surface area contributed by atoms with Crippen molar-refractivity contribution in [3.8, 4) is 0 Å². The number of rotatable bonds is 5. The summed E-state index contributed by atoms with van der Waals surface area (Å²) in [6.45, 7) is 8.38. The van der Waals surface area contributed by atoms with Gasteiger partial charge in [-0.05, 0) is 31.5 Å². The van der Waals surface area contributed by atoms with E-state index in [2.05, 4.69) is 29.1 Å². The number of hydrogen-bond donors (Lipinski definition) is 1. The molecule has 2 unspecified atom stereocenters. The van der Waals surface area contributed by atoms with Gasteiger partial charge in [0.15, 0.2) is 5.96 Å². The van der Waals surface area contributed by atoms with Crippen LogP contribution in [-0.4, -0.2) is 68.2 Å². The van der Waals surface area contributed by atoms with E-state index < -0.39 is 0 Å². The van der Waals surface area contributed by atoms with Gasteiger partial charge in [0.2, 0.25) is 0 Å². The summed E-state index contributed by atoms with van der Waals surface area (Å²) in [7, 11) is 3.73. The van der Waals surface area contributed by atoms with Crippen molar-refractivity contribution in [2.75, 3.05) is 40.4 Å². The molecule has 0 radical (unpaired) electrons. The zero-order chi connectivity index (χ0) is 17.5. The fraction of sp³-hybridized carbons (Fsp3) is 0.611. The number of hydrogen-bond acceptors (Lipinski definition) is 3. The van der Waals surface area contributed by atoms with Crippen molar-refractivity contribution in [2.24, 2.45) is 4.99 Å². The minimum atomic E-state index is -0.209. The molecule has 0 aromatic heterocycles. The molecule has 0 spiro atoms. The van der Waals surface area contributed by atoms with Crippen LogP contribution in [0.3, 0.4) is 0 Å². The van der Waals surface area contributed by atoms with Gasteiger partial charge in [0.1, 0.15) is 5.82 Å². The predicted molar refractivity (Wildman–Crippen MR) is 95.7 cm³/mol. The fourth-order valence-electron chi connectivity index (χ4n) is 3.12. The highest BCUT2D eigenvalue weighted by Gasteiger charge is 2.23. The van der Waals surface area contributed by atoms with E-state index in [1.165, 1.54) is 6.07 Å². The normalized spacial score (nSPS) is 20.7. The van der Waals surface area contributed by atoms with Gasteiger partial charge in [-0.3, -0.25) is 9.89 Å². The van der Waals surface area contributed by atoms with Crippen LogP contribution in [0.1, 0.15) is 19.4 Å². The van der Waals surface area contributed by atoms with Gasteiger partial charge in [0, 0.05) is 45.8 Å². The number of ether oxygens (including phenoxy) is 1. The molecule has 0 saturated carbocycles. The number of aliphatic imine (C=N–C) groups is 1. The summed E-state index contributed by atoms with van der Waals surface area (Å²) in [5.74, 6) is 0.603. The Balaban J connectivity index is 1.87. The highest BCUT2D eigenvalue weighted by molar-refractivity contribution is 5.79. The number of benzene rings is 1. The smallest absolute Gasteiger partial charge is 0.193 e. The Morgan fingerprint density at radius 1 is 1.54 bits per heavy atom. The van der Waals surface area contributed by atoms with Crippen molar-refractivity contribution < 1.29 is 9.13 Å². The van der Waals surface area contributed by atoms with E-state index in [9.17, 15) is 4.39 Å². The Kier molecular flexibility index (Phi) is 6.99. The van der Waals surface area contributed by atoms with Gasteiger partial charge in [-0.25, -0.2) is 4.39 Å². The third-order valence-electron chi connectivity index (χ3n) is 4.42. The Bertz CT molecular complexity index is 552. The highest BCUT2D eigenvalue weighted by atomic mass is 19.1. The van der Waals surface area contributed by atoms with Gasteiger partial charge >= 0.3 is 0 Å². The predicted octanol–water partition coefficient (Wildman–Crippen LogP) is 1.94. The SMILES string of the molecule is CN=C(NCC(C)N1CCOCC1C)N(C)Cc1cccc(F)c1. The molecule has 0 amide bonds. The maximum absolute atomic E-state index is 13.3. The van der Waals surface area contributed by atoms with E-state index >= 15 is 0 Å². The first-order chi connectivity index (χ1) is 11.5. The van der Waals surface area contributed by atoms with Crippen molar-refractivity contribution in [2.45, 2.75) is 32.5 Å². The molecule has 6 heteroatoms. The first-order valence-corrected chi connectivity index (χ1v) is 8.51. The van der Waals surface area contributed by atoms with Gasteiger partial charge in [0.25, 0.3) is 0 Å². The minimum Gasteiger partial charge on any atom is -0.379 e. The zero-order valence-corrected chi connectivity index (χ0v) is 15.1. The number of nitrogens with zero attached hydrogens (tertiary/aromatic N) is 3. The van der Waals surface area contributed by atoms with Gasteiger partial charge in [-0.1, -0.05) is 12.1 Å². The highest BCUT2D eigenvalue weighted by Crippen LogP contribution is 2.10. The van der Waals surface area contributed by atoms with Crippen molar-refractivity contribution in [1.29, 1.82) is 0 Å². The van der Waals surface area contributed by atoms with Crippen molar-refractivity contribution in [1.82, 2.24) is 15.1 Å². The standard InChI is InChI=1S/C18H29FN4O/c1-14(23-8-9-24-13-15(23)2)11-21-18(20-3)22(4)12-16-6-5-7-17(19)10-16/h5-7,10,14-15H,8-9,11-13H2,1-4H3,(H,20,21). The molecule has 1 fully saturated rings. The molecule has 1 saturated heterocycles. The average molecular weight is 336 g/mol. The lowest BCUT2D eigenvalue weighted by Gasteiger charge is -2.38. The number of guanidine groups is 1. The number of morpholine rings is 1. The molecule has 0 bridgehead atoms. The molecule has 1 N–H and O–H groups in total. The van der Waals surface area contributed by atoms with Crippen molar-refractivity contribution in [3.05, 3.63) is 35.6 Å². The average Bonchev–Trinajstić information content (AvgIpc) is 2.55. The summed E-state index contributed by atoms with van der Waals surface area (Å²) in [5.41, 5.74) is 0.926. The molecular formula is C18H29FN4O. The summed E-state index contributed by atoms with van der Waals surface area (Å²) in [5, 5.41) is 3.42. The Morgan fingerprint density at radius 3 is 3.00 bits per heavy atom. The van der Waals surface area contributed by atoms with Crippen LogP contribution < -0.4 is 5.32 Å². The van der Waals surface area contributed by atoms with Crippen molar-refractivity contribution in [3.63, 3.8) is 0 Å². The van der Waals surface area contributed by atoms with Crippen LogP contribution in [-0.2, 0) is 11.3 Å². The molecule has 1 aliphatic rings. The second-order valence-electron chi connectivity index (χ2n) is 6.42. The second kappa shape index (κ2) is 8.99. The molecule has 1 aromatic rings. The molecule has 1 aliphatic heterocycles. The Morgan fingerprint density at radius 2 is 2.33 bits per heavy atom. The fourth-order valence-corrected chi connectivity index (χ4v) is 3.12. The number of halogens is 1. The Hall–Kier alpha value is -1.66. The zero-order valence-electron chi connectivity index (χ0n) is 15.1. The summed E-state index contributed by atoms with van der Waals surface area (Å²) in [4.78, 5) is 8.80. The topological polar surface area (TPSA) is 40.1 Å². The molecular weight excluding hydrogens is 307 g/mol. The van der Waals surface area contributed by atoms with Crippen LogP contribution in [0.2, 0.25) is 0 Å². The van der Waals surface area contributed by atoms with E-state index in [0.29, 0.717) is 18.6 Å². The van der Waals surface area contributed by atoms with Crippen LogP contribution in [0.5, 0.6) is 0 Å². The van der Waals surface area contributed by atoms with Crippen LogP contribution in [0.25, 0.3) is 0 Å². The van der Waals surface area contributed by atoms with E-state index in [1.807, 2.05) is 18.0 Å². The van der Waals surface area contributed by atoms with Crippen LogP contribution in [0.15, 0.2) is 29.3 Å². The summed E-state index contributed by atoms with van der Waals surface area (Å²) in [6, 6.07) is 7.50. The van der Waals surface area contributed by atoms with Gasteiger partial charge in [0.05, 0.1) is 13.2 Å². The monoisotopic (exact) mass is 336 g/mol. The molecule has 2 atom stereocenters. The van der Waals surface area contributed by atoms with Gasteiger partial charge < -0.3 is 15.0 Å². The second-order valence-corrected chi connectivity index (χ2v) is 6.42. The van der Waals surface area contributed by atoms with Gasteiger partial charge in [-0.15, -0.1) is 0 Å². The molecule has 0 aliphatic carbocycles. The quantitative estimate of drug-likeness (QED) is 0.659. The molecule has 5 nitrogen and oxygen atoms in total.